The SMILES string of the molecule is CCCCCCCOc1ccc(C2(O)CCC(C(=O)OCCCCC)CC2)cc1. The van der Waals surface area contributed by atoms with Gasteiger partial charge >= 0.3 is 5.97 Å². The number of esters is 1. The minimum absolute atomic E-state index is 0.0767. The van der Waals surface area contributed by atoms with Crippen LogP contribution in [0.15, 0.2) is 24.3 Å². The van der Waals surface area contributed by atoms with E-state index in [4.69, 9.17) is 9.47 Å². The van der Waals surface area contributed by atoms with Crippen molar-refractivity contribution in [1.82, 2.24) is 0 Å². The number of ether oxygens (including phenoxy) is 2. The average molecular weight is 405 g/mol. The van der Waals surface area contributed by atoms with E-state index in [0.717, 1.165) is 43.6 Å². The van der Waals surface area contributed by atoms with E-state index in [2.05, 4.69) is 13.8 Å². The average Bonchev–Trinajstić information content (AvgIpc) is 2.74. The molecule has 1 aromatic rings. The van der Waals surface area contributed by atoms with Gasteiger partial charge in [0.15, 0.2) is 0 Å². The van der Waals surface area contributed by atoms with Gasteiger partial charge in [-0.05, 0) is 56.2 Å². The van der Waals surface area contributed by atoms with Crippen molar-refractivity contribution < 1.29 is 19.4 Å². The fourth-order valence-corrected chi connectivity index (χ4v) is 4.02. The Morgan fingerprint density at radius 2 is 1.52 bits per heavy atom. The molecule has 1 aliphatic rings. The number of aliphatic hydroxyl groups is 1. The third-order valence-corrected chi connectivity index (χ3v) is 6.05. The van der Waals surface area contributed by atoms with Crippen LogP contribution in [0.4, 0.5) is 0 Å². The molecule has 0 aromatic heterocycles. The summed E-state index contributed by atoms with van der Waals surface area (Å²) < 4.78 is 11.2. The second-order valence-corrected chi connectivity index (χ2v) is 8.47. The summed E-state index contributed by atoms with van der Waals surface area (Å²) in [7, 11) is 0. The predicted molar refractivity (Wildman–Crippen MR) is 117 cm³/mol. The maximum absolute atomic E-state index is 12.2. The quantitative estimate of drug-likeness (QED) is 0.316. The van der Waals surface area contributed by atoms with Crippen molar-refractivity contribution in [2.75, 3.05) is 13.2 Å². The van der Waals surface area contributed by atoms with Crippen molar-refractivity contribution in [2.45, 2.75) is 96.5 Å². The van der Waals surface area contributed by atoms with Gasteiger partial charge in [-0.25, -0.2) is 0 Å². The molecule has 2 rings (SSSR count). The van der Waals surface area contributed by atoms with Crippen molar-refractivity contribution in [1.29, 1.82) is 0 Å². The van der Waals surface area contributed by atoms with Crippen LogP contribution in [0.1, 0.15) is 96.5 Å². The van der Waals surface area contributed by atoms with Gasteiger partial charge in [-0.2, -0.15) is 0 Å². The molecule has 0 radical (unpaired) electrons. The summed E-state index contributed by atoms with van der Waals surface area (Å²) in [5.74, 6) is 0.690. The van der Waals surface area contributed by atoms with E-state index >= 15 is 0 Å². The summed E-state index contributed by atoms with van der Waals surface area (Å²) in [5.41, 5.74) is 0.0695. The van der Waals surface area contributed by atoms with Gasteiger partial charge in [0.05, 0.1) is 24.7 Å². The molecular formula is C25H40O4. The number of hydrogen-bond donors (Lipinski definition) is 1. The standard InChI is InChI=1S/C25H40O4/c1-3-5-7-8-10-19-28-23-13-11-22(12-14-23)25(27)17-15-21(16-18-25)24(26)29-20-9-6-4-2/h11-14,21,27H,3-10,15-20H2,1-2H3. The van der Waals surface area contributed by atoms with Crippen molar-refractivity contribution in [3.63, 3.8) is 0 Å². The fraction of sp³-hybridized carbons (Fsp3) is 0.720. The highest BCUT2D eigenvalue weighted by Crippen LogP contribution is 2.40. The van der Waals surface area contributed by atoms with Crippen LogP contribution in [0.25, 0.3) is 0 Å². The fourth-order valence-electron chi connectivity index (χ4n) is 4.02. The first-order valence-corrected chi connectivity index (χ1v) is 11.7. The molecule has 0 bridgehead atoms. The normalized spacial score (nSPS) is 21.7. The van der Waals surface area contributed by atoms with E-state index < -0.39 is 5.60 Å². The van der Waals surface area contributed by atoms with Crippen LogP contribution >= 0.6 is 0 Å². The second kappa shape index (κ2) is 12.9. The molecule has 4 nitrogen and oxygen atoms in total. The first kappa shape index (κ1) is 23.7. The van der Waals surface area contributed by atoms with Gasteiger partial charge in [0.25, 0.3) is 0 Å². The molecule has 1 fully saturated rings. The summed E-state index contributed by atoms with van der Waals surface area (Å²) in [6.07, 6.45) is 11.8. The number of carbonyl (C=O) groups is 1. The Hall–Kier alpha value is -1.55. The topological polar surface area (TPSA) is 55.8 Å². The molecule has 0 atom stereocenters. The van der Waals surface area contributed by atoms with Gasteiger partial charge in [-0.15, -0.1) is 0 Å². The lowest BCUT2D eigenvalue weighted by molar-refractivity contribution is -0.152. The van der Waals surface area contributed by atoms with E-state index in [1.54, 1.807) is 0 Å². The maximum Gasteiger partial charge on any atom is 0.308 e. The molecule has 0 amide bonds. The van der Waals surface area contributed by atoms with E-state index in [1.165, 1.54) is 25.7 Å². The van der Waals surface area contributed by atoms with Crippen molar-refractivity contribution >= 4 is 5.97 Å². The Morgan fingerprint density at radius 3 is 2.17 bits per heavy atom. The molecule has 0 heterocycles. The van der Waals surface area contributed by atoms with E-state index in [0.29, 0.717) is 32.3 Å². The molecule has 1 aliphatic carbocycles. The third kappa shape index (κ3) is 8.00. The highest BCUT2D eigenvalue weighted by atomic mass is 16.5. The lowest BCUT2D eigenvalue weighted by Crippen LogP contribution is -2.34. The molecule has 1 aromatic carbocycles. The van der Waals surface area contributed by atoms with Crippen molar-refractivity contribution in [3.8, 4) is 5.75 Å². The largest absolute Gasteiger partial charge is 0.494 e. The molecule has 164 valence electrons. The molecule has 1 saturated carbocycles. The van der Waals surface area contributed by atoms with E-state index in [9.17, 15) is 9.90 Å². The van der Waals surface area contributed by atoms with Gasteiger partial charge in [0, 0.05) is 0 Å². The predicted octanol–water partition coefficient (Wildman–Crippen LogP) is 6.15. The number of carbonyl (C=O) groups excluding carboxylic acids is 1. The van der Waals surface area contributed by atoms with Crippen LogP contribution in [0.2, 0.25) is 0 Å². The highest BCUT2D eigenvalue weighted by molar-refractivity contribution is 5.72. The summed E-state index contributed by atoms with van der Waals surface area (Å²) >= 11 is 0. The van der Waals surface area contributed by atoms with Gasteiger partial charge in [-0.1, -0.05) is 64.5 Å². The molecule has 1 N–H and O–H groups in total. The number of benzene rings is 1. The smallest absolute Gasteiger partial charge is 0.308 e. The lowest BCUT2D eigenvalue weighted by Gasteiger charge is -2.35. The van der Waals surface area contributed by atoms with Gasteiger partial charge in [0.2, 0.25) is 0 Å². The third-order valence-electron chi connectivity index (χ3n) is 6.05. The second-order valence-electron chi connectivity index (χ2n) is 8.47. The number of unbranched alkanes of at least 4 members (excludes halogenated alkanes) is 6. The van der Waals surface area contributed by atoms with E-state index in [1.807, 2.05) is 24.3 Å². The van der Waals surface area contributed by atoms with Crippen LogP contribution in [0.3, 0.4) is 0 Å². The first-order chi connectivity index (χ1) is 14.1. The number of rotatable bonds is 13. The summed E-state index contributed by atoms with van der Waals surface area (Å²) in [5, 5.41) is 11.1. The maximum atomic E-state index is 12.2. The number of hydrogen-bond acceptors (Lipinski definition) is 4. The van der Waals surface area contributed by atoms with Crippen LogP contribution < -0.4 is 4.74 Å². The van der Waals surface area contributed by atoms with Crippen LogP contribution in [0, 0.1) is 5.92 Å². The Bertz CT molecular complexity index is 573. The lowest BCUT2D eigenvalue weighted by atomic mass is 9.75. The summed E-state index contributed by atoms with van der Waals surface area (Å²) in [6, 6.07) is 7.84. The molecule has 0 aliphatic heterocycles. The zero-order valence-corrected chi connectivity index (χ0v) is 18.5. The Labute approximate surface area is 177 Å². The van der Waals surface area contributed by atoms with Crippen molar-refractivity contribution in [3.05, 3.63) is 29.8 Å². The summed E-state index contributed by atoms with van der Waals surface area (Å²) in [4.78, 5) is 12.2. The van der Waals surface area contributed by atoms with E-state index in [-0.39, 0.29) is 11.9 Å². The highest BCUT2D eigenvalue weighted by Gasteiger charge is 2.37. The molecular weight excluding hydrogens is 364 g/mol. The molecule has 0 saturated heterocycles. The van der Waals surface area contributed by atoms with Crippen molar-refractivity contribution in [2.24, 2.45) is 5.92 Å². The Morgan fingerprint density at radius 1 is 0.931 bits per heavy atom. The Balaban J connectivity index is 1.74. The minimum atomic E-state index is -0.850. The minimum Gasteiger partial charge on any atom is -0.494 e. The molecule has 0 spiro atoms. The van der Waals surface area contributed by atoms with Gasteiger partial charge < -0.3 is 14.6 Å². The van der Waals surface area contributed by atoms with Crippen LogP contribution in [-0.4, -0.2) is 24.3 Å². The first-order valence-electron chi connectivity index (χ1n) is 11.7. The van der Waals surface area contributed by atoms with Gasteiger partial charge in [-0.3, -0.25) is 4.79 Å². The summed E-state index contributed by atoms with van der Waals surface area (Å²) in [6.45, 7) is 5.62. The zero-order valence-electron chi connectivity index (χ0n) is 18.5. The monoisotopic (exact) mass is 404 g/mol. The zero-order chi connectivity index (χ0) is 21.0. The van der Waals surface area contributed by atoms with Crippen LogP contribution in [0.5, 0.6) is 5.75 Å². The molecule has 0 unspecified atom stereocenters. The van der Waals surface area contributed by atoms with Gasteiger partial charge in [0.1, 0.15) is 5.75 Å². The van der Waals surface area contributed by atoms with Crippen LogP contribution in [-0.2, 0) is 15.1 Å². The Kier molecular flexibility index (Phi) is 10.5. The molecule has 29 heavy (non-hydrogen) atoms. The molecule has 4 heteroatoms.